The summed E-state index contributed by atoms with van der Waals surface area (Å²) < 4.78 is 5.05. The Morgan fingerprint density at radius 2 is 2.18 bits per heavy atom. The van der Waals surface area contributed by atoms with Crippen LogP contribution in [0.2, 0.25) is 0 Å². The van der Waals surface area contributed by atoms with E-state index in [0.717, 1.165) is 17.7 Å². The normalized spacial score (nSPS) is 10.6. The number of carbonyl (C=O) groups is 1. The largest absolute Gasteiger partial charge is 0.380 e. The third kappa shape index (κ3) is 5.50. The fourth-order valence-electron chi connectivity index (χ4n) is 1.55. The van der Waals surface area contributed by atoms with E-state index in [0.29, 0.717) is 18.9 Å². The standard InChI is InChI=1S/C14H21NO2/c1-11(2)7-8-14(16)15-13-6-4-5-12(9-13)10-17-3/h4-6,9,11H,7-8,10H2,1-3H3,(H,15,16). The minimum Gasteiger partial charge on any atom is -0.380 e. The lowest BCUT2D eigenvalue weighted by Gasteiger charge is -2.08. The molecule has 0 unspecified atom stereocenters. The van der Waals surface area contributed by atoms with Crippen LogP contribution in [0.25, 0.3) is 0 Å². The summed E-state index contributed by atoms with van der Waals surface area (Å²) in [6.45, 7) is 4.80. The highest BCUT2D eigenvalue weighted by Gasteiger charge is 2.04. The SMILES string of the molecule is COCc1cccc(NC(=O)CCC(C)C)c1. The summed E-state index contributed by atoms with van der Waals surface area (Å²) in [4.78, 5) is 11.6. The quantitative estimate of drug-likeness (QED) is 0.822. The molecule has 0 fully saturated rings. The molecule has 0 aromatic heterocycles. The van der Waals surface area contributed by atoms with Crippen LogP contribution in [0.1, 0.15) is 32.3 Å². The fourth-order valence-corrected chi connectivity index (χ4v) is 1.55. The first-order valence-electron chi connectivity index (χ1n) is 5.99. The number of amides is 1. The number of carbonyl (C=O) groups excluding carboxylic acids is 1. The lowest BCUT2D eigenvalue weighted by Crippen LogP contribution is -2.12. The zero-order chi connectivity index (χ0) is 12.7. The monoisotopic (exact) mass is 235 g/mol. The van der Waals surface area contributed by atoms with E-state index in [4.69, 9.17) is 4.74 Å². The molecule has 1 rings (SSSR count). The van der Waals surface area contributed by atoms with Gasteiger partial charge in [0.2, 0.25) is 5.91 Å². The first-order chi connectivity index (χ1) is 8.11. The Morgan fingerprint density at radius 3 is 2.82 bits per heavy atom. The number of rotatable bonds is 6. The second-order valence-electron chi connectivity index (χ2n) is 4.61. The molecule has 3 nitrogen and oxygen atoms in total. The van der Waals surface area contributed by atoms with Gasteiger partial charge in [0.15, 0.2) is 0 Å². The predicted molar refractivity (Wildman–Crippen MR) is 69.9 cm³/mol. The second-order valence-corrected chi connectivity index (χ2v) is 4.61. The Kier molecular flexibility index (Phi) is 5.70. The van der Waals surface area contributed by atoms with E-state index in [-0.39, 0.29) is 5.91 Å². The topological polar surface area (TPSA) is 38.3 Å². The van der Waals surface area contributed by atoms with Crippen LogP contribution < -0.4 is 5.32 Å². The summed E-state index contributed by atoms with van der Waals surface area (Å²) in [5.74, 6) is 0.633. The summed E-state index contributed by atoms with van der Waals surface area (Å²) in [6, 6.07) is 7.74. The van der Waals surface area contributed by atoms with Crippen molar-refractivity contribution in [1.82, 2.24) is 0 Å². The number of ether oxygens (including phenoxy) is 1. The van der Waals surface area contributed by atoms with Gasteiger partial charge in [0, 0.05) is 19.2 Å². The molecule has 0 bridgehead atoms. The van der Waals surface area contributed by atoms with Gasteiger partial charge in [0.05, 0.1) is 6.61 Å². The van der Waals surface area contributed by atoms with Gasteiger partial charge in [-0.15, -0.1) is 0 Å². The molecular formula is C14H21NO2. The lowest BCUT2D eigenvalue weighted by atomic mass is 10.1. The molecule has 0 radical (unpaired) electrons. The van der Waals surface area contributed by atoms with E-state index in [2.05, 4.69) is 19.2 Å². The van der Waals surface area contributed by atoms with Crippen LogP contribution in [-0.2, 0) is 16.1 Å². The molecule has 0 heterocycles. The molecule has 94 valence electrons. The first-order valence-corrected chi connectivity index (χ1v) is 5.99. The average Bonchev–Trinajstić information content (AvgIpc) is 2.27. The van der Waals surface area contributed by atoms with Crippen molar-refractivity contribution in [3.63, 3.8) is 0 Å². The summed E-state index contributed by atoms with van der Waals surface area (Å²) in [5.41, 5.74) is 1.91. The molecule has 17 heavy (non-hydrogen) atoms. The van der Waals surface area contributed by atoms with Crippen LogP contribution in [0, 0.1) is 5.92 Å². The molecule has 0 spiro atoms. The maximum absolute atomic E-state index is 11.6. The number of hydrogen-bond donors (Lipinski definition) is 1. The summed E-state index contributed by atoms with van der Waals surface area (Å²) >= 11 is 0. The molecule has 0 saturated heterocycles. The maximum atomic E-state index is 11.6. The number of benzene rings is 1. The summed E-state index contributed by atoms with van der Waals surface area (Å²) in [5, 5.41) is 2.90. The number of hydrogen-bond acceptors (Lipinski definition) is 2. The Labute approximate surface area is 103 Å². The zero-order valence-corrected chi connectivity index (χ0v) is 10.8. The van der Waals surface area contributed by atoms with E-state index in [1.165, 1.54) is 0 Å². The van der Waals surface area contributed by atoms with Crippen molar-refractivity contribution in [2.24, 2.45) is 5.92 Å². The molecule has 1 N–H and O–H groups in total. The summed E-state index contributed by atoms with van der Waals surface area (Å²) in [6.07, 6.45) is 1.50. The van der Waals surface area contributed by atoms with Gasteiger partial charge in [-0.3, -0.25) is 4.79 Å². The highest BCUT2D eigenvalue weighted by Crippen LogP contribution is 2.12. The van der Waals surface area contributed by atoms with Crippen molar-refractivity contribution in [2.45, 2.75) is 33.3 Å². The van der Waals surface area contributed by atoms with E-state index >= 15 is 0 Å². The van der Waals surface area contributed by atoms with Gasteiger partial charge in [-0.2, -0.15) is 0 Å². The van der Waals surface area contributed by atoms with E-state index in [1.807, 2.05) is 24.3 Å². The van der Waals surface area contributed by atoms with Gasteiger partial charge in [-0.05, 0) is 30.0 Å². The van der Waals surface area contributed by atoms with Gasteiger partial charge < -0.3 is 10.1 Å². The number of anilines is 1. The predicted octanol–water partition coefficient (Wildman–Crippen LogP) is 3.21. The molecule has 0 atom stereocenters. The van der Waals surface area contributed by atoms with Gasteiger partial charge >= 0.3 is 0 Å². The highest BCUT2D eigenvalue weighted by molar-refractivity contribution is 5.90. The van der Waals surface area contributed by atoms with Crippen molar-refractivity contribution in [3.8, 4) is 0 Å². The van der Waals surface area contributed by atoms with Crippen LogP contribution in [0.4, 0.5) is 5.69 Å². The van der Waals surface area contributed by atoms with Crippen molar-refractivity contribution >= 4 is 11.6 Å². The third-order valence-corrected chi connectivity index (χ3v) is 2.47. The molecule has 0 aliphatic carbocycles. The molecule has 0 aliphatic heterocycles. The first kappa shape index (κ1) is 13.7. The fraction of sp³-hybridized carbons (Fsp3) is 0.500. The second kappa shape index (κ2) is 7.07. The van der Waals surface area contributed by atoms with E-state index in [9.17, 15) is 4.79 Å². The number of nitrogens with one attached hydrogen (secondary N) is 1. The van der Waals surface area contributed by atoms with Gasteiger partial charge in [-0.1, -0.05) is 26.0 Å². The number of methoxy groups -OCH3 is 1. The Morgan fingerprint density at radius 1 is 1.41 bits per heavy atom. The molecule has 1 aromatic rings. The molecule has 0 aliphatic rings. The highest BCUT2D eigenvalue weighted by atomic mass is 16.5. The molecule has 0 saturated carbocycles. The van der Waals surface area contributed by atoms with Gasteiger partial charge in [0.1, 0.15) is 0 Å². The van der Waals surface area contributed by atoms with Gasteiger partial charge in [0.25, 0.3) is 0 Å². The van der Waals surface area contributed by atoms with Crippen LogP contribution in [-0.4, -0.2) is 13.0 Å². The maximum Gasteiger partial charge on any atom is 0.224 e. The van der Waals surface area contributed by atoms with Crippen molar-refractivity contribution < 1.29 is 9.53 Å². The van der Waals surface area contributed by atoms with E-state index in [1.54, 1.807) is 7.11 Å². The lowest BCUT2D eigenvalue weighted by molar-refractivity contribution is -0.116. The van der Waals surface area contributed by atoms with Crippen molar-refractivity contribution in [3.05, 3.63) is 29.8 Å². The average molecular weight is 235 g/mol. The Hall–Kier alpha value is -1.35. The summed E-state index contributed by atoms with van der Waals surface area (Å²) in [7, 11) is 1.66. The van der Waals surface area contributed by atoms with Crippen LogP contribution in [0.3, 0.4) is 0 Å². The third-order valence-electron chi connectivity index (χ3n) is 2.47. The van der Waals surface area contributed by atoms with Crippen LogP contribution >= 0.6 is 0 Å². The van der Waals surface area contributed by atoms with Crippen molar-refractivity contribution in [2.75, 3.05) is 12.4 Å². The van der Waals surface area contributed by atoms with E-state index < -0.39 is 0 Å². The van der Waals surface area contributed by atoms with Crippen LogP contribution in [0.5, 0.6) is 0 Å². The Balaban J connectivity index is 2.50. The van der Waals surface area contributed by atoms with Crippen LogP contribution in [0.15, 0.2) is 24.3 Å². The smallest absolute Gasteiger partial charge is 0.224 e. The minimum atomic E-state index is 0.0771. The Bertz CT molecular complexity index is 361. The zero-order valence-electron chi connectivity index (χ0n) is 10.8. The van der Waals surface area contributed by atoms with Gasteiger partial charge in [-0.25, -0.2) is 0 Å². The minimum absolute atomic E-state index is 0.0771. The molecule has 1 aromatic carbocycles. The molecule has 1 amide bonds. The van der Waals surface area contributed by atoms with Crippen molar-refractivity contribution in [1.29, 1.82) is 0 Å². The molecule has 3 heteroatoms. The molecular weight excluding hydrogens is 214 g/mol.